The van der Waals surface area contributed by atoms with Crippen LogP contribution in [0.15, 0.2) is 48.5 Å². The number of unbranched alkanes of at least 4 members (excludes halogenated alkanes) is 2. The van der Waals surface area contributed by atoms with Crippen LogP contribution in [0.5, 0.6) is 0 Å². The Morgan fingerprint density at radius 3 is 1.36 bits per heavy atom. The molecule has 0 nitrogen and oxygen atoms in total. The van der Waals surface area contributed by atoms with E-state index < -0.39 is 20.8 Å². The Kier molecular flexibility index (Phi) is 12.5. The summed E-state index contributed by atoms with van der Waals surface area (Å²) in [4.78, 5) is 0. The summed E-state index contributed by atoms with van der Waals surface area (Å²) >= 11 is -0.826. The van der Waals surface area contributed by atoms with Gasteiger partial charge in [-0.2, -0.15) is 12.1 Å². The monoisotopic (exact) mass is 558 g/mol. The summed E-state index contributed by atoms with van der Waals surface area (Å²) < 4.78 is 0. The number of hydrogen-bond donors (Lipinski definition) is 0. The normalized spacial score (nSPS) is 10.4. The molecule has 0 aliphatic carbocycles. The van der Waals surface area contributed by atoms with Crippen molar-refractivity contribution >= 4 is 38.6 Å². The number of rotatable bonds is 6. The molecule has 0 saturated carbocycles. The fraction of sp³-hybridized carbons (Fsp3) is 0.400. The van der Waals surface area contributed by atoms with Gasteiger partial charge in [-0.3, -0.25) is 0 Å². The molecule has 0 fully saturated rings. The molecule has 0 spiro atoms. The second kappa shape index (κ2) is 14.5. The molecule has 0 aromatic heterocycles. The van der Waals surface area contributed by atoms with Crippen LogP contribution in [0.25, 0.3) is 21.5 Å². The molecule has 33 heavy (non-hydrogen) atoms. The van der Waals surface area contributed by atoms with Crippen molar-refractivity contribution in [2.75, 3.05) is 0 Å². The van der Waals surface area contributed by atoms with Gasteiger partial charge < -0.3 is 0 Å². The van der Waals surface area contributed by atoms with Crippen molar-refractivity contribution in [1.82, 2.24) is 0 Å². The number of aryl methyl sites for hydroxylation is 6. The van der Waals surface area contributed by atoms with E-state index in [9.17, 15) is 0 Å². The van der Waals surface area contributed by atoms with Gasteiger partial charge in [-0.1, -0.05) is 90.5 Å². The number of benzene rings is 2. The third-order valence-corrected chi connectivity index (χ3v) is 6.28. The molecule has 0 radical (unpaired) electrons. The first-order chi connectivity index (χ1) is 15.9. The van der Waals surface area contributed by atoms with E-state index in [2.05, 4.69) is 90.1 Å². The zero-order valence-corrected chi connectivity index (χ0v) is 25.1. The van der Waals surface area contributed by atoms with Gasteiger partial charge in [-0.05, 0) is 12.8 Å². The van der Waals surface area contributed by atoms with Gasteiger partial charge in [0.15, 0.2) is 0 Å². The van der Waals surface area contributed by atoms with Gasteiger partial charge in [0, 0.05) is 0 Å². The molecule has 3 heteroatoms. The summed E-state index contributed by atoms with van der Waals surface area (Å²) in [6.45, 7) is 13.3. The van der Waals surface area contributed by atoms with E-state index in [1.165, 1.54) is 93.5 Å². The Bertz CT molecular complexity index is 1040. The van der Waals surface area contributed by atoms with Crippen molar-refractivity contribution in [2.24, 2.45) is 0 Å². The average Bonchev–Trinajstić information content (AvgIpc) is 3.38. The molecule has 4 rings (SSSR count). The topological polar surface area (TPSA) is 0 Å². The van der Waals surface area contributed by atoms with E-state index in [0.717, 1.165) is 0 Å². The molecule has 0 heterocycles. The predicted molar refractivity (Wildman–Crippen MR) is 147 cm³/mol. The predicted octanol–water partition coefficient (Wildman–Crippen LogP) is 10.4. The van der Waals surface area contributed by atoms with Crippen LogP contribution in [0.4, 0.5) is 0 Å². The SMILES string of the molecule is CCCCc1ccc(C)c2[cH-]c(C)cc12.CCCCc1ccc(C)c2[cH-]c(C)cc12.[Cl][Zr+2][Cl]. The van der Waals surface area contributed by atoms with Gasteiger partial charge in [0.2, 0.25) is 0 Å². The fourth-order valence-electron chi connectivity index (χ4n) is 4.47. The maximum atomic E-state index is 4.93. The van der Waals surface area contributed by atoms with E-state index in [0.29, 0.717) is 0 Å². The standard InChI is InChI=1S/2C15H19.2ClH.Zr/c2*1-4-5-6-13-8-7-12(3)14-9-11(2)10-15(13)14;;;/h2*7-10H,4-6H2,1-3H3;2*1H;/q2*-1;;;+4/p-2. The van der Waals surface area contributed by atoms with Crippen molar-refractivity contribution in [3.8, 4) is 0 Å². The van der Waals surface area contributed by atoms with Crippen LogP contribution in [0.3, 0.4) is 0 Å². The van der Waals surface area contributed by atoms with E-state index >= 15 is 0 Å². The van der Waals surface area contributed by atoms with Crippen LogP contribution in [0, 0.1) is 27.7 Å². The summed E-state index contributed by atoms with van der Waals surface area (Å²) in [7, 11) is 9.87. The molecular weight excluding hydrogens is 522 g/mol. The van der Waals surface area contributed by atoms with Gasteiger partial charge in [0.05, 0.1) is 0 Å². The Hall–Kier alpha value is -0.877. The number of halogens is 2. The Balaban J connectivity index is 0.000000209. The molecule has 4 aromatic rings. The summed E-state index contributed by atoms with van der Waals surface area (Å²) in [5, 5.41) is 5.84. The van der Waals surface area contributed by atoms with Crippen LogP contribution in [-0.4, -0.2) is 0 Å². The van der Waals surface area contributed by atoms with Crippen LogP contribution >= 0.6 is 17.0 Å². The first-order valence-electron chi connectivity index (χ1n) is 12.1. The summed E-state index contributed by atoms with van der Waals surface area (Å²) in [5.41, 5.74) is 8.61. The van der Waals surface area contributed by atoms with E-state index in [-0.39, 0.29) is 0 Å². The van der Waals surface area contributed by atoms with E-state index in [1.807, 2.05) is 0 Å². The van der Waals surface area contributed by atoms with Crippen LogP contribution in [0.1, 0.15) is 72.9 Å². The first-order valence-corrected chi connectivity index (χ1v) is 18.5. The molecule has 176 valence electrons. The van der Waals surface area contributed by atoms with Crippen molar-refractivity contribution in [2.45, 2.75) is 80.1 Å². The summed E-state index contributed by atoms with van der Waals surface area (Å²) in [6.07, 6.45) is 7.57. The van der Waals surface area contributed by atoms with Gasteiger partial charge in [0.25, 0.3) is 0 Å². The molecule has 0 bridgehead atoms. The summed E-state index contributed by atoms with van der Waals surface area (Å²) in [5.74, 6) is 0. The molecule has 0 amide bonds. The van der Waals surface area contributed by atoms with Gasteiger partial charge in [-0.15, -0.1) is 68.1 Å². The van der Waals surface area contributed by atoms with Crippen LogP contribution in [-0.2, 0) is 33.7 Å². The summed E-state index contributed by atoms with van der Waals surface area (Å²) in [6, 6.07) is 18.4. The molecule has 0 atom stereocenters. The Morgan fingerprint density at radius 2 is 1.03 bits per heavy atom. The second-order valence-electron chi connectivity index (χ2n) is 9.08. The number of fused-ring (bicyclic) bond motifs is 2. The fourth-order valence-corrected chi connectivity index (χ4v) is 4.47. The van der Waals surface area contributed by atoms with E-state index in [4.69, 9.17) is 17.0 Å². The van der Waals surface area contributed by atoms with Crippen molar-refractivity contribution in [1.29, 1.82) is 0 Å². The minimum atomic E-state index is -0.826. The van der Waals surface area contributed by atoms with Gasteiger partial charge in [-0.25, -0.2) is 0 Å². The average molecular weight is 561 g/mol. The molecule has 0 saturated heterocycles. The first kappa shape index (κ1) is 28.4. The maximum absolute atomic E-state index is 4.93. The van der Waals surface area contributed by atoms with Crippen molar-refractivity contribution in [3.63, 3.8) is 0 Å². The molecular formula is C30H38Cl2Zr. The zero-order chi connectivity index (χ0) is 24.4. The third-order valence-electron chi connectivity index (χ3n) is 6.28. The van der Waals surface area contributed by atoms with Crippen LogP contribution in [0.2, 0.25) is 0 Å². The molecule has 0 N–H and O–H groups in total. The zero-order valence-electron chi connectivity index (χ0n) is 21.1. The van der Waals surface area contributed by atoms with Crippen molar-refractivity contribution < 1.29 is 20.8 Å². The molecule has 4 aromatic carbocycles. The minimum absolute atomic E-state index is 0.826. The van der Waals surface area contributed by atoms with Gasteiger partial charge >= 0.3 is 37.9 Å². The quantitative estimate of drug-likeness (QED) is 0.206. The van der Waals surface area contributed by atoms with Gasteiger partial charge in [0.1, 0.15) is 0 Å². The van der Waals surface area contributed by atoms with Crippen molar-refractivity contribution in [3.05, 3.63) is 81.9 Å². The second-order valence-corrected chi connectivity index (χ2v) is 12.8. The Morgan fingerprint density at radius 1 is 0.667 bits per heavy atom. The Labute approximate surface area is 220 Å². The number of hydrogen-bond acceptors (Lipinski definition) is 0. The third kappa shape index (κ3) is 8.09. The molecule has 0 aliphatic rings. The van der Waals surface area contributed by atoms with Crippen LogP contribution < -0.4 is 0 Å². The molecule has 0 aliphatic heterocycles. The van der Waals surface area contributed by atoms with E-state index in [1.54, 1.807) is 0 Å². The molecule has 0 unspecified atom stereocenters.